The van der Waals surface area contributed by atoms with Crippen molar-refractivity contribution >= 4 is 28.6 Å². The molecule has 0 unspecified atom stereocenters. The summed E-state index contributed by atoms with van der Waals surface area (Å²) in [5.74, 6) is -2.02. The summed E-state index contributed by atoms with van der Waals surface area (Å²) in [6, 6.07) is 3.54. The first-order chi connectivity index (χ1) is 15.1. The van der Waals surface area contributed by atoms with Gasteiger partial charge in [0.25, 0.3) is 5.91 Å². The number of rotatable bonds is 7. The van der Waals surface area contributed by atoms with Crippen LogP contribution in [0, 0.1) is 17.2 Å². The predicted molar refractivity (Wildman–Crippen MR) is 116 cm³/mol. The molecule has 0 saturated carbocycles. The number of ether oxygens (including phenoxy) is 1. The molecule has 2 aromatic rings. The molecular weight excluding hydrogens is 417 g/mol. The maximum absolute atomic E-state index is 14.7. The standard InChI is InChI=1S/C22H30FN5O4/c1-22(2,3)19(21(31)25-11-16(24)29)26-20(30)17-14-5-4-6-15(23)18(14)28(27-17)12-13-7-9-32-10-8-13/h4-6,13,19H,7-12H2,1-3H3,(H2,24,29)(H,25,31)(H,26,30)/t19-/m1/s1. The highest BCUT2D eigenvalue weighted by Gasteiger charge is 2.34. The fraction of sp³-hybridized carbons (Fsp3) is 0.545. The molecule has 9 nitrogen and oxygen atoms in total. The van der Waals surface area contributed by atoms with Crippen molar-refractivity contribution in [1.29, 1.82) is 0 Å². The lowest BCUT2D eigenvalue weighted by Gasteiger charge is -2.30. The van der Waals surface area contributed by atoms with E-state index in [1.807, 2.05) is 0 Å². The van der Waals surface area contributed by atoms with Crippen molar-refractivity contribution in [3.8, 4) is 0 Å². The van der Waals surface area contributed by atoms with Crippen LogP contribution in [0.3, 0.4) is 0 Å². The second-order valence-corrected chi connectivity index (χ2v) is 9.18. The second kappa shape index (κ2) is 9.64. The molecule has 0 radical (unpaired) electrons. The van der Waals surface area contributed by atoms with Gasteiger partial charge in [0.05, 0.1) is 6.54 Å². The SMILES string of the molecule is CC(C)(C)[C@H](NC(=O)c1nn(CC2CCOCC2)c2c(F)cccc12)C(=O)NCC(N)=O. The molecule has 10 heteroatoms. The molecule has 4 N–H and O–H groups in total. The number of carbonyl (C=O) groups excluding carboxylic acids is 3. The Morgan fingerprint density at radius 3 is 2.59 bits per heavy atom. The normalized spacial score (nSPS) is 16.0. The van der Waals surface area contributed by atoms with Crippen molar-refractivity contribution < 1.29 is 23.5 Å². The van der Waals surface area contributed by atoms with E-state index >= 15 is 0 Å². The molecular formula is C22H30FN5O4. The number of primary amides is 1. The largest absolute Gasteiger partial charge is 0.381 e. The quantitative estimate of drug-likeness (QED) is 0.590. The zero-order chi connectivity index (χ0) is 23.5. The molecule has 0 aliphatic carbocycles. The van der Waals surface area contributed by atoms with Gasteiger partial charge in [0.2, 0.25) is 11.8 Å². The summed E-state index contributed by atoms with van der Waals surface area (Å²) in [6.45, 7) is 6.77. The molecule has 0 bridgehead atoms. The van der Waals surface area contributed by atoms with Crippen LogP contribution in [0.1, 0.15) is 44.1 Å². The van der Waals surface area contributed by atoms with Gasteiger partial charge < -0.3 is 21.1 Å². The number of nitrogens with zero attached hydrogens (tertiary/aromatic N) is 2. The zero-order valence-electron chi connectivity index (χ0n) is 18.6. The van der Waals surface area contributed by atoms with Crippen molar-refractivity contribution in [1.82, 2.24) is 20.4 Å². The van der Waals surface area contributed by atoms with Gasteiger partial charge in [-0.25, -0.2) is 4.39 Å². The van der Waals surface area contributed by atoms with Gasteiger partial charge >= 0.3 is 0 Å². The fourth-order valence-electron chi connectivity index (χ4n) is 3.82. The molecule has 3 amide bonds. The summed E-state index contributed by atoms with van der Waals surface area (Å²) in [5, 5.41) is 9.94. The van der Waals surface area contributed by atoms with Crippen molar-refractivity contribution in [2.75, 3.05) is 19.8 Å². The van der Waals surface area contributed by atoms with Crippen LogP contribution in [0.5, 0.6) is 0 Å². The van der Waals surface area contributed by atoms with Crippen LogP contribution in [0.2, 0.25) is 0 Å². The molecule has 2 heterocycles. The van der Waals surface area contributed by atoms with Gasteiger partial charge in [-0.3, -0.25) is 19.1 Å². The molecule has 1 aromatic carbocycles. The molecule has 1 aromatic heterocycles. The lowest BCUT2D eigenvalue weighted by molar-refractivity contribution is -0.128. The minimum absolute atomic E-state index is 0.0449. The van der Waals surface area contributed by atoms with Gasteiger partial charge in [0, 0.05) is 25.1 Å². The molecule has 0 spiro atoms. The lowest BCUT2D eigenvalue weighted by atomic mass is 9.86. The number of hydrogen-bond acceptors (Lipinski definition) is 5. The Morgan fingerprint density at radius 2 is 1.97 bits per heavy atom. The van der Waals surface area contributed by atoms with Crippen LogP contribution in [-0.2, 0) is 20.9 Å². The Kier molecular flexibility index (Phi) is 7.12. The van der Waals surface area contributed by atoms with Crippen LogP contribution >= 0.6 is 0 Å². The minimum Gasteiger partial charge on any atom is -0.381 e. The van der Waals surface area contributed by atoms with Crippen LogP contribution in [0.15, 0.2) is 18.2 Å². The number of fused-ring (bicyclic) bond motifs is 1. The summed E-state index contributed by atoms with van der Waals surface area (Å²) in [5.41, 5.74) is 4.74. The fourth-order valence-corrected chi connectivity index (χ4v) is 3.82. The van der Waals surface area contributed by atoms with Crippen LogP contribution in [0.4, 0.5) is 4.39 Å². The van der Waals surface area contributed by atoms with Crippen molar-refractivity contribution in [3.05, 3.63) is 29.7 Å². The molecule has 1 aliphatic rings. The van der Waals surface area contributed by atoms with Gasteiger partial charge in [0.1, 0.15) is 17.4 Å². The van der Waals surface area contributed by atoms with E-state index in [4.69, 9.17) is 10.5 Å². The van der Waals surface area contributed by atoms with Crippen LogP contribution in [-0.4, -0.2) is 53.3 Å². The highest BCUT2D eigenvalue weighted by Crippen LogP contribution is 2.26. The van der Waals surface area contributed by atoms with E-state index in [2.05, 4.69) is 15.7 Å². The van der Waals surface area contributed by atoms with Gasteiger partial charge in [0.15, 0.2) is 5.69 Å². The summed E-state index contributed by atoms with van der Waals surface area (Å²) in [4.78, 5) is 36.8. The van der Waals surface area contributed by atoms with Crippen molar-refractivity contribution in [2.24, 2.45) is 17.1 Å². The third-order valence-electron chi connectivity index (χ3n) is 5.55. The van der Waals surface area contributed by atoms with Gasteiger partial charge in [-0.15, -0.1) is 0 Å². The Labute approximate surface area is 185 Å². The van der Waals surface area contributed by atoms with E-state index in [9.17, 15) is 18.8 Å². The Morgan fingerprint density at radius 1 is 1.28 bits per heavy atom. The van der Waals surface area contributed by atoms with E-state index in [1.54, 1.807) is 26.8 Å². The highest BCUT2D eigenvalue weighted by atomic mass is 19.1. The molecule has 32 heavy (non-hydrogen) atoms. The average Bonchev–Trinajstić information content (AvgIpc) is 3.09. The summed E-state index contributed by atoms with van der Waals surface area (Å²) in [6.07, 6.45) is 1.67. The predicted octanol–water partition coefficient (Wildman–Crippen LogP) is 1.35. The smallest absolute Gasteiger partial charge is 0.273 e. The highest BCUT2D eigenvalue weighted by molar-refractivity contribution is 6.06. The zero-order valence-corrected chi connectivity index (χ0v) is 18.6. The third-order valence-corrected chi connectivity index (χ3v) is 5.55. The maximum atomic E-state index is 14.7. The second-order valence-electron chi connectivity index (χ2n) is 9.18. The monoisotopic (exact) mass is 447 g/mol. The number of halogens is 1. The molecule has 3 rings (SSSR count). The number of para-hydroxylation sites is 1. The van der Waals surface area contributed by atoms with E-state index in [-0.39, 0.29) is 23.7 Å². The Bertz CT molecular complexity index is 1010. The molecule has 1 fully saturated rings. The molecule has 1 aliphatic heterocycles. The number of nitrogens with two attached hydrogens (primary N) is 1. The van der Waals surface area contributed by atoms with E-state index < -0.39 is 35.0 Å². The van der Waals surface area contributed by atoms with E-state index in [0.717, 1.165) is 12.8 Å². The van der Waals surface area contributed by atoms with Crippen molar-refractivity contribution in [3.63, 3.8) is 0 Å². The summed E-state index contributed by atoms with van der Waals surface area (Å²) >= 11 is 0. The number of hydrogen-bond donors (Lipinski definition) is 3. The number of benzene rings is 1. The molecule has 1 saturated heterocycles. The molecule has 1 atom stereocenters. The van der Waals surface area contributed by atoms with Crippen LogP contribution in [0.25, 0.3) is 10.9 Å². The lowest BCUT2D eigenvalue weighted by Crippen LogP contribution is -2.54. The van der Waals surface area contributed by atoms with Gasteiger partial charge in [-0.05, 0) is 30.2 Å². The molecule has 174 valence electrons. The van der Waals surface area contributed by atoms with E-state index in [1.165, 1.54) is 16.8 Å². The number of carbonyl (C=O) groups is 3. The summed E-state index contributed by atoms with van der Waals surface area (Å²) in [7, 11) is 0. The number of amides is 3. The minimum atomic E-state index is -0.960. The first kappa shape index (κ1) is 23.6. The maximum Gasteiger partial charge on any atom is 0.273 e. The topological polar surface area (TPSA) is 128 Å². The van der Waals surface area contributed by atoms with Gasteiger partial charge in [-0.1, -0.05) is 32.9 Å². The first-order valence-electron chi connectivity index (χ1n) is 10.7. The first-order valence-corrected chi connectivity index (χ1v) is 10.7. The number of nitrogens with one attached hydrogen (secondary N) is 2. The van der Waals surface area contributed by atoms with Crippen LogP contribution < -0.4 is 16.4 Å². The average molecular weight is 448 g/mol. The van der Waals surface area contributed by atoms with Crippen molar-refractivity contribution in [2.45, 2.75) is 46.2 Å². The summed E-state index contributed by atoms with van der Waals surface area (Å²) < 4.78 is 21.6. The van der Waals surface area contributed by atoms with Gasteiger partial charge in [-0.2, -0.15) is 5.10 Å². The number of aromatic nitrogens is 2. The third kappa shape index (κ3) is 5.42. The Hall–Kier alpha value is -3.01. The Balaban J connectivity index is 1.90. The van der Waals surface area contributed by atoms with E-state index in [0.29, 0.717) is 25.1 Å².